The Hall–Kier alpha value is -2.17. The van der Waals surface area contributed by atoms with Gasteiger partial charge in [0.25, 0.3) is 0 Å². The van der Waals surface area contributed by atoms with E-state index in [-0.39, 0.29) is 11.3 Å². The number of rotatable bonds is 6. The van der Waals surface area contributed by atoms with Crippen LogP contribution in [0.15, 0.2) is 36.7 Å². The number of nitrogens with zero attached hydrogens (tertiary/aromatic N) is 2. The summed E-state index contributed by atoms with van der Waals surface area (Å²) in [6, 6.07) is 10.7. The SMILES string of the molecule is O=C(CCc1ncn[nH]1)NCC1(c2ccccc2)CCCCCC1. The first kappa shape index (κ1) is 16.7. The molecule has 0 radical (unpaired) electrons. The van der Waals surface area contributed by atoms with Crippen LogP contribution in [0.25, 0.3) is 0 Å². The highest BCUT2D eigenvalue weighted by molar-refractivity contribution is 5.76. The number of carbonyl (C=O) groups is 1. The molecule has 2 aromatic rings. The van der Waals surface area contributed by atoms with Crippen molar-refractivity contribution in [3.8, 4) is 0 Å². The molecule has 1 aromatic heterocycles. The van der Waals surface area contributed by atoms with Gasteiger partial charge < -0.3 is 5.32 Å². The standard InChI is InChI=1S/C19H26N4O/c24-18(11-10-17-21-15-22-23-17)20-14-19(12-6-1-2-7-13-19)16-8-4-3-5-9-16/h3-5,8-9,15H,1-2,6-7,10-14H2,(H,20,24)(H,21,22,23). The second-order valence-corrected chi connectivity index (χ2v) is 6.77. The van der Waals surface area contributed by atoms with Crippen LogP contribution < -0.4 is 5.32 Å². The second-order valence-electron chi connectivity index (χ2n) is 6.77. The molecule has 0 bridgehead atoms. The van der Waals surface area contributed by atoms with Crippen molar-refractivity contribution in [2.75, 3.05) is 6.54 Å². The van der Waals surface area contributed by atoms with Gasteiger partial charge in [0, 0.05) is 24.8 Å². The van der Waals surface area contributed by atoms with Crippen molar-refractivity contribution in [3.05, 3.63) is 48.0 Å². The molecule has 1 amide bonds. The van der Waals surface area contributed by atoms with Crippen molar-refractivity contribution in [1.29, 1.82) is 0 Å². The van der Waals surface area contributed by atoms with Crippen molar-refractivity contribution >= 4 is 5.91 Å². The molecule has 0 aliphatic heterocycles. The zero-order valence-corrected chi connectivity index (χ0v) is 14.1. The van der Waals surface area contributed by atoms with Gasteiger partial charge in [-0.3, -0.25) is 9.89 Å². The van der Waals surface area contributed by atoms with Crippen molar-refractivity contribution in [3.63, 3.8) is 0 Å². The summed E-state index contributed by atoms with van der Waals surface area (Å²) in [5.41, 5.74) is 1.45. The Morgan fingerprint density at radius 3 is 2.54 bits per heavy atom. The molecule has 1 aliphatic rings. The molecule has 5 heteroatoms. The average molecular weight is 326 g/mol. The number of carbonyl (C=O) groups excluding carboxylic acids is 1. The van der Waals surface area contributed by atoms with Gasteiger partial charge in [0.1, 0.15) is 12.2 Å². The molecule has 0 unspecified atom stereocenters. The Labute approximate surface area is 143 Å². The van der Waals surface area contributed by atoms with Gasteiger partial charge in [-0.25, -0.2) is 4.98 Å². The van der Waals surface area contributed by atoms with E-state index < -0.39 is 0 Å². The summed E-state index contributed by atoms with van der Waals surface area (Å²) in [5.74, 6) is 0.850. The molecule has 5 nitrogen and oxygen atoms in total. The van der Waals surface area contributed by atoms with Crippen LogP contribution in [-0.4, -0.2) is 27.6 Å². The Bertz CT molecular complexity index is 616. The fourth-order valence-corrected chi connectivity index (χ4v) is 3.70. The van der Waals surface area contributed by atoms with Crippen LogP contribution in [0.1, 0.15) is 56.3 Å². The normalized spacial score (nSPS) is 17.2. The lowest BCUT2D eigenvalue weighted by Gasteiger charge is -2.34. The molecule has 1 fully saturated rings. The number of amides is 1. The predicted molar refractivity (Wildman–Crippen MR) is 93.5 cm³/mol. The Kier molecular flexibility index (Phi) is 5.62. The Morgan fingerprint density at radius 1 is 1.12 bits per heavy atom. The van der Waals surface area contributed by atoms with Crippen LogP contribution in [0.2, 0.25) is 0 Å². The number of H-pyrrole nitrogens is 1. The van der Waals surface area contributed by atoms with E-state index in [0.29, 0.717) is 12.8 Å². The van der Waals surface area contributed by atoms with Gasteiger partial charge >= 0.3 is 0 Å². The molecule has 0 saturated heterocycles. The van der Waals surface area contributed by atoms with Crippen LogP contribution >= 0.6 is 0 Å². The number of benzene rings is 1. The number of aromatic nitrogens is 3. The van der Waals surface area contributed by atoms with E-state index in [1.807, 2.05) is 0 Å². The van der Waals surface area contributed by atoms with E-state index in [4.69, 9.17) is 0 Å². The van der Waals surface area contributed by atoms with Crippen LogP contribution in [-0.2, 0) is 16.6 Å². The molecule has 1 aliphatic carbocycles. The van der Waals surface area contributed by atoms with Gasteiger partial charge in [-0.15, -0.1) is 0 Å². The smallest absolute Gasteiger partial charge is 0.220 e. The third kappa shape index (κ3) is 4.22. The average Bonchev–Trinajstić information content (AvgIpc) is 3.03. The summed E-state index contributed by atoms with van der Waals surface area (Å²) in [6.45, 7) is 0.728. The number of aromatic amines is 1. The van der Waals surface area contributed by atoms with Gasteiger partial charge in [-0.1, -0.05) is 56.0 Å². The molecule has 24 heavy (non-hydrogen) atoms. The van der Waals surface area contributed by atoms with Gasteiger partial charge in [0.05, 0.1) is 0 Å². The van der Waals surface area contributed by atoms with Crippen molar-refractivity contribution in [2.24, 2.45) is 0 Å². The highest BCUT2D eigenvalue weighted by Crippen LogP contribution is 2.37. The molecule has 128 valence electrons. The third-order valence-corrected chi connectivity index (χ3v) is 5.12. The maximum Gasteiger partial charge on any atom is 0.220 e. The first-order chi connectivity index (χ1) is 11.8. The lowest BCUT2D eigenvalue weighted by atomic mass is 9.74. The second kappa shape index (κ2) is 8.08. The third-order valence-electron chi connectivity index (χ3n) is 5.12. The monoisotopic (exact) mass is 326 g/mol. The lowest BCUT2D eigenvalue weighted by Crippen LogP contribution is -2.40. The summed E-state index contributed by atoms with van der Waals surface area (Å²) >= 11 is 0. The van der Waals surface area contributed by atoms with Gasteiger partial charge in [-0.05, 0) is 18.4 Å². The van der Waals surface area contributed by atoms with E-state index in [1.54, 1.807) is 0 Å². The molecular formula is C19H26N4O. The molecule has 0 spiro atoms. The van der Waals surface area contributed by atoms with Crippen LogP contribution in [0.5, 0.6) is 0 Å². The highest BCUT2D eigenvalue weighted by atomic mass is 16.1. The molecule has 1 saturated carbocycles. The summed E-state index contributed by atoms with van der Waals surface area (Å²) in [5, 5.41) is 9.79. The van der Waals surface area contributed by atoms with Crippen LogP contribution in [0.3, 0.4) is 0 Å². The predicted octanol–water partition coefficient (Wildman–Crippen LogP) is 3.15. The first-order valence-corrected chi connectivity index (χ1v) is 8.95. The molecule has 0 atom stereocenters. The largest absolute Gasteiger partial charge is 0.355 e. The number of hydrogen-bond acceptors (Lipinski definition) is 3. The first-order valence-electron chi connectivity index (χ1n) is 8.95. The van der Waals surface area contributed by atoms with E-state index in [2.05, 4.69) is 50.8 Å². The zero-order chi connectivity index (χ0) is 16.7. The van der Waals surface area contributed by atoms with E-state index in [1.165, 1.54) is 37.6 Å². The topological polar surface area (TPSA) is 70.7 Å². The Morgan fingerprint density at radius 2 is 1.88 bits per heavy atom. The lowest BCUT2D eigenvalue weighted by molar-refractivity contribution is -0.121. The summed E-state index contributed by atoms with van der Waals surface area (Å²) in [6.07, 6.45) is 9.90. The summed E-state index contributed by atoms with van der Waals surface area (Å²) in [7, 11) is 0. The molecule has 1 aromatic carbocycles. The van der Waals surface area contributed by atoms with E-state index >= 15 is 0 Å². The van der Waals surface area contributed by atoms with E-state index in [9.17, 15) is 4.79 Å². The molecule has 2 N–H and O–H groups in total. The summed E-state index contributed by atoms with van der Waals surface area (Å²) in [4.78, 5) is 16.3. The molecule has 1 heterocycles. The van der Waals surface area contributed by atoms with Crippen LogP contribution in [0, 0.1) is 0 Å². The number of aryl methyl sites for hydroxylation is 1. The fraction of sp³-hybridized carbons (Fsp3) is 0.526. The van der Waals surface area contributed by atoms with Gasteiger partial charge in [-0.2, -0.15) is 5.10 Å². The zero-order valence-electron chi connectivity index (χ0n) is 14.1. The molecular weight excluding hydrogens is 300 g/mol. The van der Waals surface area contributed by atoms with Crippen molar-refractivity contribution in [2.45, 2.75) is 56.8 Å². The number of hydrogen-bond donors (Lipinski definition) is 2. The quantitative estimate of drug-likeness (QED) is 0.801. The van der Waals surface area contributed by atoms with Crippen LogP contribution in [0.4, 0.5) is 0 Å². The maximum absolute atomic E-state index is 12.3. The number of nitrogens with one attached hydrogen (secondary N) is 2. The maximum atomic E-state index is 12.3. The Balaban J connectivity index is 1.62. The van der Waals surface area contributed by atoms with Crippen molar-refractivity contribution in [1.82, 2.24) is 20.5 Å². The minimum absolute atomic E-state index is 0.0830. The summed E-state index contributed by atoms with van der Waals surface area (Å²) < 4.78 is 0. The van der Waals surface area contributed by atoms with Crippen molar-refractivity contribution < 1.29 is 4.79 Å². The van der Waals surface area contributed by atoms with Gasteiger partial charge in [0.2, 0.25) is 5.91 Å². The van der Waals surface area contributed by atoms with E-state index in [0.717, 1.165) is 25.2 Å². The highest BCUT2D eigenvalue weighted by Gasteiger charge is 2.33. The van der Waals surface area contributed by atoms with Gasteiger partial charge in [0.15, 0.2) is 0 Å². The fourth-order valence-electron chi connectivity index (χ4n) is 3.70. The molecule has 3 rings (SSSR count). The minimum atomic E-state index is 0.0830. The minimum Gasteiger partial charge on any atom is -0.355 e.